The van der Waals surface area contributed by atoms with Crippen LogP contribution < -0.4 is 5.73 Å². The lowest BCUT2D eigenvalue weighted by Crippen LogP contribution is -2.50. The van der Waals surface area contributed by atoms with Crippen LogP contribution in [0.2, 0.25) is 0 Å². The van der Waals surface area contributed by atoms with Gasteiger partial charge in [-0.1, -0.05) is 12.8 Å². The first-order valence-corrected chi connectivity index (χ1v) is 5.95. The molecule has 0 amide bonds. The predicted octanol–water partition coefficient (Wildman–Crippen LogP) is 0.979. The number of ether oxygens (including phenoxy) is 1. The second kappa shape index (κ2) is 5.10. The minimum absolute atomic E-state index is 0.404. The first kappa shape index (κ1) is 10.4. The lowest BCUT2D eigenvalue weighted by Gasteiger charge is -2.37. The van der Waals surface area contributed by atoms with Crippen LogP contribution >= 0.6 is 0 Å². The van der Waals surface area contributed by atoms with Crippen molar-refractivity contribution in [1.82, 2.24) is 4.90 Å². The van der Waals surface area contributed by atoms with Crippen molar-refractivity contribution in [3.63, 3.8) is 0 Å². The average Bonchev–Trinajstić information content (AvgIpc) is 2.47. The third kappa shape index (κ3) is 2.47. The molecule has 0 aromatic carbocycles. The van der Waals surface area contributed by atoms with Crippen LogP contribution in [0.4, 0.5) is 0 Å². The van der Waals surface area contributed by atoms with E-state index in [4.69, 9.17) is 10.5 Å². The van der Waals surface area contributed by atoms with E-state index in [1.807, 2.05) is 0 Å². The Morgan fingerprint density at radius 2 is 1.86 bits per heavy atom. The van der Waals surface area contributed by atoms with Gasteiger partial charge < -0.3 is 10.5 Å². The Bertz CT molecular complexity index is 167. The molecule has 1 saturated carbocycles. The van der Waals surface area contributed by atoms with Gasteiger partial charge in [-0.05, 0) is 19.3 Å². The van der Waals surface area contributed by atoms with E-state index in [1.54, 1.807) is 0 Å². The second-order valence-corrected chi connectivity index (χ2v) is 4.52. The van der Waals surface area contributed by atoms with Crippen LogP contribution in [0.3, 0.4) is 0 Å². The SMILES string of the molecule is NC1CCCCC1N1CCCOCC1. The monoisotopic (exact) mass is 198 g/mol. The van der Waals surface area contributed by atoms with Crippen molar-refractivity contribution in [2.45, 2.75) is 44.2 Å². The summed E-state index contributed by atoms with van der Waals surface area (Å²) in [4.78, 5) is 2.55. The second-order valence-electron chi connectivity index (χ2n) is 4.52. The van der Waals surface area contributed by atoms with Crippen molar-refractivity contribution < 1.29 is 4.74 Å². The molecule has 2 fully saturated rings. The summed E-state index contributed by atoms with van der Waals surface area (Å²) in [7, 11) is 0. The van der Waals surface area contributed by atoms with Crippen LogP contribution in [0.5, 0.6) is 0 Å². The first-order valence-electron chi connectivity index (χ1n) is 5.95. The molecule has 1 aliphatic carbocycles. The Hall–Kier alpha value is -0.120. The third-order valence-corrected chi connectivity index (χ3v) is 3.51. The standard InChI is InChI=1S/C11H22N2O/c12-10-4-1-2-5-11(10)13-6-3-8-14-9-7-13/h10-11H,1-9,12H2. The Morgan fingerprint density at radius 3 is 2.71 bits per heavy atom. The van der Waals surface area contributed by atoms with E-state index in [1.165, 1.54) is 38.6 Å². The Labute approximate surface area is 86.6 Å². The third-order valence-electron chi connectivity index (χ3n) is 3.51. The average molecular weight is 198 g/mol. The number of rotatable bonds is 1. The summed E-state index contributed by atoms with van der Waals surface area (Å²) >= 11 is 0. The fourth-order valence-corrected chi connectivity index (χ4v) is 2.69. The van der Waals surface area contributed by atoms with E-state index in [0.29, 0.717) is 12.1 Å². The van der Waals surface area contributed by atoms with Gasteiger partial charge in [-0.2, -0.15) is 0 Å². The smallest absolute Gasteiger partial charge is 0.0593 e. The van der Waals surface area contributed by atoms with Crippen molar-refractivity contribution in [2.24, 2.45) is 5.73 Å². The van der Waals surface area contributed by atoms with Crippen LogP contribution in [0.1, 0.15) is 32.1 Å². The topological polar surface area (TPSA) is 38.5 Å². The maximum Gasteiger partial charge on any atom is 0.0593 e. The van der Waals surface area contributed by atoms with Gasteiger partial charge in [0.05, 0.1) is 6.61 Å². The molecule has 0 aromatic heterocycles. The fourth-order valence-electron chi connectivity index (χ4n) is 2.69. The molecule has 1 heterocycles. The summed E-state index contributed by atoms with van der Waals surface area (Å²) in [5.74, 6) is 0. The van der Waals surface area contributed by atoms with Crippen LogP contribution in [0.15, 0.2) is 0 Å². The molecule has 3 nitrogen and oxygen atoms in total. The van der Waals surface area contributed by atoms with Gasteiger partial charge in [0.2, 0.25) is 0 Å². The van der Waals surface area contributed by atoms with Crippen molar-refractivity contribution in [2.75, 3.05) is 26.3 Å². The van der Waals surface area contributed by atoms with Crippen molar-refractivity contribution in [3.05, 3.63) is 0 Å². The highest BCUT2D eigenvalue weighted by atomic mass is 16.5. The van der Waals surface area contributed by atoms with Crippen molar-refractivity contribution in [1.29, 1.82) is 0 Å². The fraction of sp³-hybridized carbons (Fsp3) is 1.00. The molecule has 2 rings (SSSR count). The van der Waals surface area contributed by atoms with E-state index in [0.717, 1.165) is 19.8 Å². The number of hydrogen-bond acceptors (Lipinski definition) is 3. The summed E-state index contributed by atoms with van der Waals surface area (Å²) in [6.07, 6.45) is 6.35. The maximum atomic E-state index is 6.18. The quantitative estimate of drug-likeness (QED) is 0.682. The van der Waals surface area contributed by atoms with E-state index >= 15 is 0 Å². The zero-order chi connectivity index (χ0) is 9.80. The van der Waals surface area contributed by atoms with Crippen molar-refractivity contribution in [3.8, 4) is 0 Å². The molecule has 3 heteroatoms. The molecule has 2 aliphatic rings. The number of hydrogen-bond donors (Lipinski definition) is 1. The molecule has 1 saturated heterocycles. The van der Waals surface area contributed by atoms with Gasteiger partial charge in [-0.25, -0.2) is 0 Å². The molecule has 2 N–H and O–H groups in total. The zero-order valence-corrected chi connectivity index (χ0v) is 8.95. The molecule has 82 valence electrons. The molecule has 0 spiro atoms. The van der Waals surface area contributed by atoms with Crippen LogP contribution in [-0.2, 0) is 4.74 Å². The molecule has 14 heavy (non-hydrogen) atoms. The molecule has 2 unspecified atom stereocenters. The number of nitrogens with two attached hydrogens (primary N) is 1. The summed E-state index contributed by atoms with van der Waals surface area (Å²) in [5.41, 5.74) is 6.18. The number of nitrogens with zero attached hydrogens (tertiary/aromatic N) is 1. The van der Waals surface area contributed by atoms with Gasteiger partial charge in [0.25, 0.3) is 0 Å². The summed E-state index contributed by atoms with van der Waals surface area (Å²) in [5, 5.41) is 0. The van der Waals surface area contributed by atoms with Gasteiger partial charge in [-0.3, -0.25) is 4.90 Å². The molecule has 0 radical (unpaired) electrons. The lowest BCUT2D eigenvalue weighted by molar-refractivity contribution is 0.113. The Morgan fingerprint density at radius 1 is 1.00 bits per heavy atom. The molecule has 2 atom stereocenters. The highest BCUT2D eigenvalue weighted by Crippen LogP contribution is 2.22. The van der Waals surface area contributed by atoms with E-state index in [-0.39, 0.29) is 0 Å². The summed E-state index contributed by atoms with van der Waals surface area (Å²) in [6, 6.07) is 1.03. The molecule has 0 aromatic rings. The van der Waals surface area contributed by atoms with Crippen LogP contribution in [-0.4, -0.2) is 43.3 Å². The summed E-state index contributed by atoms with van der Waals surface area (Å²) < 4.78 is 5.47. The zero-order valence-electron chi connectivity index (χ0n) is 8.95. The van der Waals surface area contributed by atoms with E-state index < -0.39 is 0 Å². The van der Waals surface area contributed by atoms with Gasteiger partial charge in [-0.15, -0.1) is 0 Å². The van der Waals surface area contributed by atoms with Gasteiger partial charge in [0.15, 0.2) is 0 Å². The summed E-state index contributed by atoms with van der Waals surface area (Å²) in [6.45, 7) is 4.08. The van der Waals surface area contributed by atoms with Crippen LogP contribution in [0, 0.1) is 0 Å². The lowest BCUT2D eigenvalue weighted by atomic mass is 9.90. The predicted molar refractivity (Wildman–Crippen MR) is 57.2 cm³/mol. The Kier molecular flexibility index (Phi) is 3.79. The van der Waals surface area contributed by atoms with Gasteiger partial charge in [0, 0.05) is 31.8 Å². The minimum Gasteiger partial charge on any atom is -0.380 e. The highest BCUT2D eigenvalue weighted by Gasteiger charge is 2.27. The Balaban J connectivity index is 1.90. The van der Waals surface area contributed by atoms with Crippen LogP contribution in [0.25, 0.3) is 0 Å². The van der Waals surface area contributed by atoms with Gasteiger partial charge in [0.1, 0.15) is 0 Å². The van der Waals surface area contributed by atoms with E-state index in [2.05, 4.69) is 4.90 Å². The first-order chi connectivity index (χ1) is 6.88. The maximum absolute atomic E-state index is 6.18. The molecule has 1 aliphatic heterocycles. The molecule has 0 bridgehead atoms. The van der Waals surface area contributed by atoms with Crippen molar-refractivity contribution >= 4 is 0 Å². The minimum atomic E-state index is 0.404. The molecular weight excluding hydrogens is 176 g/mol. The van der Waals surface area contributed by atoms with E-state index in [9.17, 15) is 0 Å². The largest absolute Gasteiger partial charge is 0.380 e. The molecular formula is C11H22N2O. The van der Waals surface area contributed by atoms with Gasteiger partial charge >= 0.3 is 0 Å². The normalized spacial score (nSPS) is 36.6. The highest BCUT2D eigenvalue weighted by molar-refractivity contribution is 4.86.